The fraction of sp³-hybridized carbons (Fsp3) is 0.231. The van der Waals surface area contributed by atoms with E-state index in [0.29, 0.717) is 0 Å². The third-order valence-corrected chi connectivity index (χ3v) is 4.06. The Kier molecular flexibility index (Phi) is 4.03. The quantitative estimate of drug-likeness (QED) is 0.536. The van der Waals surface area contributed by atoms with Gasteiger partial charge in [0.25, 0.3) is 0 Å². The van der Waals surface area contributed by atoms with Crippen LogP contribution in [0, 0.1) is 3.57 Å². The van der Waals surface area contributed by atoms with Crippen LogP contribution in [-0.4, -0.2) is 5.33 Å². The normalized spacial score (nSPS) is 10.8. The third kappa shape index (κ3) is 2.72. The predicted octanol–water partition coefficient (Wildman–Crippen LogP) is 4.77. The van der Waals surface area contributed by atoms with E-state index in [9.17, 15) is 0 Å². The molecule has 2 aromatic rings. The maximum atomic E-state index is 3.48. The molecule has 0 heterocycles. The molecule has 0 saturated heterocycles. The molecule has 0 aliphatic heterocycles. The molecule has 0 aliphatic carbocycles. The van der Waals surface area contributed by atoms with Crippen molar-refractivity contribution in [2.45, 2.75) is 12.8 Å². The van der Waals surface area contributed by atoms with Gasteiger partial charge in [0.1, 0.15) is 0 Å². The highest BCUT2D eigenvalue weighted by atomic mass is 127. The number of aryl methyl sites for hydroxylation is 1. The Balaban J connectivity index is 2.43. The minimum atomic E-state index is 1.08. The fourth-order valence-corrected chi connectivity index (χ4v) is 2.75. The SMILES string of the molecule is BrCCCc1cc2ccccc2cc1I. The van der Waals surface area contributed by atoms with Gasteiger partial charge in [-0.1, -0.05) is 46.3 Å². The topological polar surface area (TPSA) is 0 Å². The second-order valence-corrected chi connectivity index (χ2v) is 5.54. The van der Waals surface area contributed by atoms with E-state index in [4.69, 9.17) is 0 Å². The number of rotatable bonds is 3. The minimum absolute atomic E-state index is 1.08. The average molecular weight is 375 g/mol. The van der Waals surface area contributed by atoms with Crippen LogP contribution >= 0.6 is 38.5 Å². The molecule has 0 aliphatic rings. The Morgan fingerprint density at radius 3 is 2.40 bits per heavy atom. The fourth-order valence-electron chi connectivity index (χ4n) is 1.71. The molecule has 78 valence electrons. The summed E-state index contributed by atoms with van der Waals surface area (Å²) in [4.78, 5) is 0. The highest BCUT2D eigenvalue weighted by Crippen LogP contribution is 2.22. The Labute approximate surface area is 112 Å². The molecule has 15 heavy (non-hydrogen) atoms. The average Bonchev–Trinajstić information content (AvgIpc) is 2.26. The Bertz CT molecular complexity index is 465. The van der Waals surface area contributed by atoms with Gasteiger partial charge in [0.05, 0.1) is 0 Å². The van der Waals surface area contributed by atoms with Gasteiger partial charge in [-0.15, -0.1) is 0 Å². The predicted molar refractivity (Wildman–Crippen MR) is 78.8 cm³/mol. The first kappa shape index (κ1) is 11.4. The second kappa shape index (κ2) is 5.30. The van der Waals surface area contributed by atoms with E-state index < -0.39 is 0 Å². The van der Waals surface area contributed by atoms with Crippen LogP contribution in [0.15, 0.2) is 36.4 Å². The lowest BCUT2D eigenvalue weighted by Crippen LogP contribution is -1.90. The van der Waals surface area contributed by atoms with Crippen molar-refractivity contribution in [3.8, 4) is 0 Å². The molecular weight excluding hydrogens is 363 g/mol. The summed E-state index contributed by atoms with van der Waals surface area (Å²) in [6.45, 7) is 0. The molecule has 0 bridgehead atoms. The van der Waals surface area contributed by atoms with Crippen LogP contribution in [0.2, 0.25) is 0 Å². The molecule has 0 radical (unpaired) electrons. The number of halogens is 2. The molecule has 0 saturated carbocycles. The molecule has 0 amide bonds. The van der Waals surface area contributed by atoms with Crippen molar-refractivity contribution in [2.24, 2.45) is 0 Å². The summed E-state index contributed by atoms with van der Waals surface area (Å²) in [6.07, 6.45) is 2.36. The molecule has 0 spiro atoms. The van der Waals surface area contributed by atoms with Crippen molar-refractivity contribution in [3.05, 3.63) is 45.5 Å². The van der Waals surface area contributed by atoms with Crippen LogP contribution in [0.4, 0.5) is 0 Å². The van der Waals surface area contributed by atoms with E-state index >= 15 is 0 Å². The molecule has 0 fully saturated rings. The molecule has 0 unspecified atom stereocenters. The second-order valence-electron chi connectivity index (χ2n) is 3.58. The lowest BCUT2D eigenvalue weighted by atomic mass is 10.0. The molecule has 2 rings (SSSR count). The lowest BCUT2D eigenvalue weighted by molar-refractivity contribution is 0.936. The van der Waals surface area contributed by atoms with Gasteiger partial charge in [-0.3, -0.25) is 0 Å². The number of hydrogen-bond acceptors (Lipinski definition) is 0. The first-order valence-electron chi connectivity index (χ1n) is 5.04. The van der Waals surface area contributed by atoms with Crippen molar-refractivity contribution in [1.82, 2.24) is 0 Å². The van der Waals surface area contributed by atoms with Crippen molar-refractivity contribution in [1.29, 1.82) is 0 Å². The van der Waals surface area contributed by atoms with Gasteiger partial charge in [0.2, 0.25) is 0 Å². The van der Waals surface area contributed by atoms with Crippen molar-refractivity contribution in [2.75, 3.05) is 5.33 Å². The zero-order valence-electron chi connectivity index (χ0n) is 8.34. The monoisotopic (exact) mass is 374 g/mol. The number of benzene rings is 2. The molecule has 2 heteroatoms. The van der Waals surface area contributed by atoms with Gasteiger partial charge < -0.3 is 0 Å². The zero-order valence-corrected chi connectivity index (χ0v) is 12.1. The van der Waals surface area contributed by atoms with Gasteiger partial charge in [-0.05, 0) is 57.8 Å². The smallest absolute Gasteiger partial charge is 0.0168 e. The summed E-state index contributed by atoms with van der Waals surface area (Å²) >= 11 is 5.91. The summed E-state index contributed by atoms with van der Waals surface area (Å²) in [6, 6.07) is 13.1. The maximum absolute atomic E-state index is 3.48. The van der Waals surface area contributed by atoms with Crippen LogP contribution < -0.4 is 0 Å². The minimum Gasteiger partial charge on any atom is -0.0928 e. The van der Waals surface area contributed by atoms with Crippen molar-refractivity contribution >= 4 is 49.3 Å². The van der Waals surface area contributed by atoms with Crippen LogP contribution in [0.3, 0.4) is 0 Å². The molecule has 0 atom stereocenters. The summed E-state index contributed by atoms with van der Waals surface area (Å²) < 4.78 is 1.38. The van der Waals surface area contributed by atoms with E-state index in [1.807, 2.05) is 0 Å². The van der Waals surface area contributed by atoms with E-state index in [-0.39, 0.29) is 0 Å². The Morgan fingerprint density at radius 2 is 1.73 bits per heavy atom. The van der Waals surface area contributed by atoms with Crippen LogP contribution in [0.1, 0.15) is 12.0 Å². The molecule has 0 aromatic heterocycles. The Morgan fingerprint density at radius 1 is 1.07 bits per heavy atom. The third-order valence-electron chi connectivity index (χ3n) is 2.49. The maximum Gasteiger partial charge on any atom is 0.0168 e. The summed E-state index contributed by atoms with van der Waals surface area (Å²) in [7, 11) is 0. The van der Waals surface area contributed by atoms with Gasteiger partial charge >= 0.3 is 0 Å². The Hall–Kier alpha value is -0.0900. The largest absolute Gasteiger partial charge is 0.0928 e. The highest BCUT2D eigenvalue weighted by Gasteiger charge is 2.01. The summed E-state index contributed by atoms with van der Waals surface area (Å²) in [5.74, 6) is 0. The van der Waals surface area contributed by atoms with Crippen LogP contribution in [-0.2, 0) is 6.42 Å². The first-order valence-corrected chi connectivity index (χ1v) is 7.24. The van der Waals surface area contributed by atoms with Crippen LogP contribution in [0.5, 0.6) is 0 Å². The first-order chi connectivity index (χ1) is 7.31. The molecule has 2 aromatic carbocycles. The number of alkyl halides is 1. The number of hydrogen-bond donors (Lipinski definition) is 0. The molecule has 0 N–H and O–H groups in total. The lowest BCUT2D eigenvalue weighted by Gasteiger charge is -2.06. The highest BCUT2D eigenvalue weighted by molar-refractivity contribution is 14.1. The van der Waals surface area contributed by atoms with Gasteiger partial charge in [-0.2, -0.15) is 0 Å². The zero-order chi connectivity index (χ0) is 10.7. The molecular formula is C13H12BrI. The summed E-state index contributed by atoms with van der Waals surface area (Å²) in [5.41, 5.74) is 1.47. The number of fused-ring (bicyclic) bond motifs is 1. The van der Waals surface area contributed by atoms with Gasteiger partial charge in [0.15, 0.2) is 0 Å². The van der Waals surface area contributed by atoms with Gasteiger partial charge in [0, 0.05) is 8.90 Å². The van der Waals surface area contributed by atoms with Crippen molar-refractivity contribution < 1.29 is 0 Å². The van der Waals surface area contributed by atoms with Gasteiger partial charge in [-0.25, -0.2) is 0 Å². The summed E-state index contributed by atoms with van der Waals surface area (Å²) in [5, 5.41) is 3.77. The van der Waals surface area contributed by atoms with E-state index in [2.05, 4.69) is 74.9 Å². The standard InChI is InChI=1S/C13H12BrI/c14-7-3-6-12-8-10-4-1-2-5-11(10)9-13(12)15/h1-2,4-5,8-9H,3,6-7H2. The van der Waals surface area contributed by atoms with E-state index in [1.54, 1.807) is 0 Å². The van der Waals surface area contributed by atoms with E-state index in [0.717, 1.165) is 11.8 Å². The van der Waals surface area contributed by atoms with Crippen LogP contribution in [0.25, 0.3) is 10.8 Å². The molecule has 0 nitrogen and oxygen atoms in total. The van der Waals surface area contributed by atoms with Crippen molar-refractivity contribution in [3.63, 3.8) is 0 Å². The van der Waals surface area contributed by atoms with E-state index in [1.165, 1.54) is 26.3 Å².